The van der Waals surface area contributed by atoms with Crippen molar-refractivity contribution in [1.82, 2.24) is 5.32 Å². The lowest BCUT2D eigenvalue weighted by atomic mass is 9.88. The Morgan fingerprint density at radius 1 is 1.05 bits per heavy atom. The molecular weight excluding hydrogens is 250 g/mol. The summed E-state index contributed by atoms with van der Waals surface area (Å²) in [5, 5.41) is 2.99. The average Bonchev–Trinajstić information content (AvgIpc) is 2.45. The zero-order chi connectivity index (χ0) is 14.5. The summed E-state index contributed by atoms with van der Waals surface area (Å²) < 4.78 is 0. The van der Waals surface area contributed by atoms with Gasteiger partial charge in [-0.2, -0.15) is 0 Å². The van der Waals surface area contributed by atoms with Gasteiger partial charge < -0.3 is 5.32 Å². The van der Waals surface area contributed by atoms with Crippen LogP contribution in [-0.2, 0) is 9.59 Å². The third-order valence-corrected chi connectivity index (χ3v) is 3.49. The van der Waals surface area contributed by atoms with Gasteiger partial charge in [0.15, 0.2) is 5.78 Å². The van der Waals surface area contributed by atoms with Crippen molar-refractivity contribution in [2.45, 2.75) is 32.7 Å². The van der Waals surface area contributed by atoms with Gasteiger partial charge in [-0.15, -0.1) is 0 Å². The first-order chi connectivity index (χ1) is 9.58. The van der Waals surface area contributed by atoms with Gasteiger partial charge in [0.1, 0.15) is 0 Å². The minimum absolute atomic E-state index is 0.0545. The maximum atomic E-state index is 11.4. The minimum Gasteiger partial charge on any atom is -0.346 e. The number of carbonyl (C=O) groups excluding carboxylic acids is 2. The summed E-state index contributed by atoms with van der Waals surface area (Å²) in [5.41, 5.74) is 3.05. The zero-order valence-electron chi connectivity index (χ0n) is 11.8. The van der Waals surface area contributed by atoms with Crippen LogP contribution in [-0.4, -0.2) is 11.7 Å². The quantitative estimate of drug-likeness (QED) is 0.913. The molecule has 1 aromatic rings. The van der Waals surface area contributed by atoms with Crippen molar-refractivity contribution < 1.29 is 9.59 Å². The van der Waals surface area contributed by atoms with Gasteiger partial charge in [0.25, 0.3) is 0 Å². The van der Waals surface area contributed by atoms with Crippen LogP contribution in [0.15, 0.2) is 53.6 Å². The molecule has 0 heterocycles. The molecule has 104 valence electrons. The molecule has 1 aliphatic rings. The third kappa shape index (κ3) is 3.44. The number of allylic oxidation sites excluding steroid dienone is 3. The Balaban J connectivity index is 2.29. The van der Waals surface area contributed by atoms with Crippen LogP contribution in [0.3, 0.4) is 0 Å². The summed E-state index contributed by atoms with van der Waals surface area (Å²) in [4.78, 5) is 22.8. The van der Waals surface area contributed by atoms with Gasteiger partial charge in [-0.05, 0) is 36.5 Å². The fourth-order valence-corrected chi connectivity index (χ4v) is 2.43. The number of rotatable bonds is 4. The molecule has 0 spiro atoms. The molecule has 1 aliphatic carbocycles. The molecule has 2 rings (SSSR count). The summed E-state index contributed by atoms with van der Waals surface area (Å²) in [6.45, 7) is 3.11. The topological polar surface area (TPSA) is 46.2 Å². The van der Waals surface area contributed by atoms with E-state index in [0.29, 0.717) is 0 Å². The predicted octanol–water partition coefficient (Wildman–Crippen LogP) is 3.10. The highest BCUT2D eigenvalue weighted by Crippen LogP contribution is 2.29. The molecule has 0 saturated heterocycles. The molecule has 1 atom stereocenters. The molecule has 1 aromatic carbocycles. The van der Waals surface area contributed by atoms with Gasteiger partial charge in [0, 0.05) is 6.92 Å². The number of hydrogen-bond donors (Lipinski definition) is 1. The Kier molecular flexibility index (Phi) is 4.51. The van der Waals surface area contributed by atoms with E-state index in [4.69, 9.17) is 0 Å². The van der Waals surface area contributed by atoms with E-state index in [1.54, 1.807) is 6.92 Å². The van der Waals surface area contributed by atoms with E-state index in [2.05, 4.69) is 5.32 Å². The molecule has 0 aromatic heterocycles. The number of hydrogen-bond acceptors (Lipinski definition) is 2. The molecule has 20 heavy (non-hydrogen) atoms. The second kappa shape index (κ2) is 6.33. The lowest BCUT2D eigenvalue weighted by molar-refractivity contribution is -0.119. The maximum Gasteiger partial charge on any atom is 0.217 e. The monoisotopic (exact) mass is 269 g/mol. The maximum absolute atomic E-state index is 11.4. The van der Waals surface area contributed by atoms with Crippen LogP contribution >= 0.6 is 0 Å². The Morgan fingerprint density at radius 3 is 2.25 bits per heavy atom. The van der Waals surface area contributed by atoms with Crippen molar-refractivity contribution in [3.63, 3.8) is 0 Å². The molecule has 0 unspecified atom stereocenters. The molecule has 3 nitrogen and oxygen atoms in total. The number of Topliss-reactive ketones (excluding diaryl/α,β-unsaturated/α-hetero) is 1. The lowest BCUT2D eigenvalue weighted by Gasteiger charge is -2.24. The number of nitrogens with one attached hydrogen (secondary N) is 1. The highest BCUT2D eigenvalue weighted by molar-refractivity contribution is 5.93. The summed E-state index contributed by atoms with van der Waals surface area (Å²) in [7, 11) is 0. The number of ketones is 1. The highest BCUT2D eigenvalue weighted by atomic mass is 16.1. The highest BCUT2D eigenvalue weighted by Gasteiger charge is 2.20. The van der Waals surface area contributed by atoms with Crippen LogP contribution < -0.4 is 5.32 Å². The summed E-state index contributed by atoms with van der Waals surface area (Å²) >= 11 is 0. The first kappa shape index (κ1) is 14.3. The van der Waals surface area contributed by atoms with E-state index in [0.717, 1.165) is 29.6 Å². The molecule has 0 radical (unpaired) electrons. The lowest BCUT2D eigenvalue weighted by Crippen LogP contribution is -2.28. The van der Waals surface area contributed by atoms with Gasteiger partial charge >= 0.3 is 0 Å². The predicted molar refractivity (Wildman–Crippen MR) is 79.1 cm³/mol. The van der Waals surface area contributed by atoms with Gasteiger partial charge in [-0.1, -0.05) is 42.5 Å². The molecular formula is C17H19NO2. The van der Waals surface area contributed by atoms with E-state index in [1.165, 1.54) is 6.92 Å². The van der Waals surface area contributed by atoms with Crippen LogP contribution in [0.1, 0.15) is 38.3 Å². The summed E-state index contributed by atoms with van der Waals surface area (Å²) in [6, 6.07) is 9.78. The van der Waals surface area contributed by atoms with Crippen molar-refractivity contribution >= 4 is 11.7 Å². The number of carbonyl (C=O) groups is 2. The van der Waals surface area contributed by atoms with Gasteiger partial charge in [-0.25, -0.2) is 0 Å². The van der Waals surface area contributed by atoms with Gasteiger partial charge in [-0.3, -0.25) is 9.59 Å². The standard InChI is InChI=1S/C17H19NO2/c1-12(19)14-8-10-16(11-9-14)17(18-13(2)20)15-6-4-3-5-7-15/h3-8,10,17H,9,11H2,1-2H3,(H,18,20)/t17-/m0/s1. The van der Waals surface area contributed by atoms with Crippen LogP contribution in [0.4, 0.5) is 0 Å². The van der Waals surface area contributed by atoms with E-state index in [1.807, 2.05) is 42.5 Å². The molecule has 1 amide bonds. The normalized spacial score (nSPS) is 15.9. The summed E-state index contributed by atoms with van der Waals surface area (Å²) in [5.74, 6) is 0.0668. The first-order valence-corrected chi connectivity index (χ1v) is 6.80. The molecule has 0 saturated carbocycles. The van der Waals surface area contributed by atoms with E-state index in [9.17, 15) is 9.59 Å². The van der Waals surface area contributed by atoms with Crippen molar-refractivity contribution in [3.8, 4) is 0 Å². The van der Waals surface area contributed by atoms with Gasteiger partial charge in [0.05, 0.1) is 6.04 Å². The Bertz CT molecular complexity index is 570. The Hall–Kier alpha value is -2.16. The zero-order valence-corrected chi connectivity index (χ0v) is 11.8. The Morgan fingerprint density at radius 2 is 1.75 bits per heavy atom. The fraction of sp³-hybridized carbons (Fsp3) is 0.294. The van der Waals surface area contributed by atoms with Crippen LogP contribution in [0.5, 0.6) is 0 Å². The fourth-order valence-electron chi connectivity index (χ4n) is 2.43. The van der Waals surface area contributed by atoms with E-state index >= 15 is 0 Å². The average molecular weight is 269 g/mol. The molecule has 1 N–H and O–H groups in total. The van der Waals surface area contributed by atoms with E-state index in [-0.39, 0.29) is 17.7 Å². The smallest absolute Gasteiger partial charge is 0.217 e. The minimum atomic E-state index is -0.113. The Labute approximate surface area is 119 Å². The second-order valence-corrected chi connectivity index (χ2v) is 5.03. The third-order valence-electron chi connectivity index (χ3n) is 3.49. The molecule has 3 heteroatoms. The summed E-state index contributed by atoms with van der Waals surface area (Å²) in [6.07, 6.45) is 5.38. The van der Waals surface area contributed by atoms with Crippen molar-refractivity contribution in [2.75, 3.05) is 0 Å². The SMILES string of the molecule is CC(=O)N[C@H](C1=CC=C(C(C)=O)CC1)c1ccccc1. The van der Waals surface area contributed by atoms with Crippen LogP contribution in [0.25, 0.3) is 0 Å². The largest absolute Gasteiger partial charge is 0.346 e. The van der Waals surface area contributed by atoms with Crippen LogP contribution in [0, 0.1) is 0 Å². The molecule has 0 bridgehead atoms. The first-order valence-electron chi connectivity index (χ1n) is 6.80. The van der Waals surface area contributed by atoms with E-state index < -0.39 is 0 Å². The number of benzene rings is 1. The van der Waals surface area contributed by atoms with Gasteiger partial charge in [0.2, 0.25) is 5.91 Å². The second-order valence-electron chi connectivity index (χ2n) is 5.03. The van der Waals surface area contributed by atoms with Crippen molar-refractivity contribution in [2.24, 2.45) is 0 Å². The molecule has 0 aliphatic heterocycles. The number of amides is 1. The van der Waals surface area contributed by atoms with Crippen molar-refractivity contribution in [3.05, 3.63) is 59.2 Å². The van der Waals surface area contributed by atoms with Crippen molar-refractivity contribution in [1.29, 1.82) is 0 Å². The molecule has 0 fully saturated rings. The van der Waals surface area contributed by atoms with Crippen LogP contribution in [0.2, 0.25) is 0 Å².